The molecule has 0 N–H and O–H groups in total. The summed E-state index contributed by atoms with van der Waals surface area (Å²) in [4.78, 5) is 19.0. The van der Waals surface area contributed by atoms with E-state index in [1.165, 1.54) is 17.4 Å². The second kappa shape index (κ2) is 7.07. The molecule has 1 amide bonds. The van der Waals surface area contributed by atoms with E-state index in [0.717, 1.165) is 16.3 Å². The van der Waals surface area contributed by atoms with Crippen LogP contribution in [0.5, 0.6) is 5.75 Å². The average Bonchev–Trinajstić information content (AvgIpc) is 3.14. The van der Waals surface area contributed by atoms with Crippen molar-refractivity contribution in [1.82, 2.24) is 14.3 Å². The van der Waals surface area contributed by atoms with Crippen LogP contribution in [0.1, 0.15) is 11.3 Å². The predicted molar refractivity (Wildman–Crippen MR) is 96.6 cm³/mol. The molecular formula is C17H16ClN3O2S. The zero-order valence-electron chi connectivity index (χ0n) is 13.3. The van der Waals surface area contributed by atoms with Gasteiger partial charge in [-0.2, -0.15) is 0 Å². The van der Waals surface area contributed by atoms with Crippen molar-refractivity contribution in [3.8, 4) is 5.75 Å². The van der Waals surface area contributed by atoms with E-state index in [-0.39, 0.29) is 5.91 Å². The molecule has 3 rings (SSSR count). The summed E-state index contributed by atoms with van der Waals surface area (Å²) in [7, 11) is 3.39. The molecule has 0 aliphatic heterocycles. The number of methoxy groups -OCH3 is 1. The molecule has 0 bridgehead atoms. The second-order valence-electron chi connectivity index (χ2n) is 5.22. The van der Waals surface area contributed by atoms with Crippen LogP contribution in [-0.2, 0) is 11.3 Å². The van der Waals surface area contributed by atoms with Crippen molar-refractivity contribution < 1.29 is 9.53 Å². The molecule has 7 heteroatoms. The van der Waals surface area contributed by atoms with Gasteiger partial charge < -0.3 is 9.64 Å². The van der Waals surface area contributed by atoms with E-state index < -0.39 is 0 Å². The molecule has 3 aromatic rings. The quantitative estimate of drug-likeness (QED) is 0.650. The fourth-order valence-corrected chi connectivity index (χ4v) is 3.29. The van der Waals surface area contributed by atoms with Crippen molar-refractivity contribution in [2.24, 2.45) is 0 Å². The molecule has 24 heavy (non-hydrogen) atoms. The van der Waals surface area contributed by atoms with Gasteiger partial charge >= 0.3 is 0 Å². The van der Waals surface area contributed by atoms with E-state index in [2.05, 4.69) is 4.98 Å². The number of fused-ring (bicyclic) bond motifs is 1. The predicted octanol–water partition coefficient (Wildman–Crippen LogP) is 3.73. The van der Waals surface area contributed by atoms with E-state index in [4.69, 9.17) is 16.3 Å². The number of hydrogen-bond donors (Lipinski definition) is 0. The van der Waals surface area contributed by atoms with E-state index in [0.29, 0.717) is 17.4 Å². The Morgan fingerprint density at radius 1 is 1.42 bits per heavy atom. The highest BCUT2D eigenvalue weighted by atomic mass is 35.5. The van der Waals surface area contributed by atoms with Crippen LogP contribution in [0.2, 0.25) is 5.15 Å². The number of thiazole rings is 1. The molecule has 2 aromatic heterocycles. The number of amides is 1. The van der Waals surface area contributed by atoms with E-state index in [9.17, 15) is 4.79 Å². The van der Waals surface area contributed by atoms with Crippen LogP contribution in [0.15, 0.2) is 41.9 Å². The van der Waals surface area contributed by atoms with Crippen LogP contribution in [-0.4, -0.2) is 34.3 Å². The molecule has 0 unspecified atom stereocenters. The van der Waals surface area contributed by atoms with Crippen LogP contribution < -0.4 is 4.74 Å². The number of carbonyl (C=O) groups is 1. The molecule has 2 heterocycles. The van der Waals surface area contributed by atoms with Gasteiger partial charge in [0.05, 0.1) is 12.8 Å². The standard InChI is InChI=1S/C17H16ClN3O2S/c1-20(11-12-3-5-13(23-2)6-4-12)15(22)8-7-14-16(18)19-17-21(14)9-10-24-17/h3-10H,11H2,1-2H3/b8-7+. The SMILES string of the molecule is COc1ccc(CN(C)C(=O)/C=C/c2c(Cl)nc3sccn23)cc1. The van der Waals surface area contributed by atoms with Gasteiger partial charge in [0.25, 0.3) is 0 Å². The topological polar surface area (TPSA) is 46.8 Å². The summed E-state index contributed by atoms with van der Waals surface area (Å²) in [6.45, 7) is 0.515. The Bertz CT molecular complexity index is 883. The van der Waals surface area contributed by atoms with Crippen LogP contribution in [0.4, 0.5) is 0 Å². The molecule has 0 saturated carbocycles. The number of hydrogen-bond acceptors (Lipinski definition) is 4. The molecule has 0 spiro atoms. The molecule has 0 aliphatic rings. The van der Waals surface area contributed by atoms with Gasteiger partial charge in [-0.15, -0.1) is 11.3 Å². The van der Waals surface area contributed by atoms with Crippen molar-refractivity contribution in [3.63, 3.8) is 0 Å². The highest BCUT2D eigenvalue weighted by Gasteiger charge is 2.10. The third-order valence-electron chi connectivity index (χ3n) is 3.59. The Labute approximate surface area is 148 Å². The fraction of sp³-hybridized carbons (Fsp3) is 0.176. The second-order valence-corrected chi connectivity index (χ2v) is 6.45. The molecule has 0 radical (unpaired) electrons. The molecule has 1 aromatic carbocycles. The Morgan fingerprint density at radius 3 is 2.88 bits per heavy atom. The number of benzene rings is 1. The number of imidazole rings is 1. The molecule has 5 nitrogen and oxygen atoms in total. The van der Waals surface area contributed by atoms with Gasteiger partial charge in [-0.1, -0.05) is 23.7 Å². The van der Waals surface area contributed by atoms with Gasteiger partial charge in [0, 0.05) is 31.2 Å². The molecule has 0 fully saturated rings. The number of likely N-dealkylation sites (N-methyl/N-ethyl adjacent to an activating group) is 1. The van der Waals surface area contributed by atoms with Crippen molar-refractivity contribution >= 4 is 39.9 Å². The maximum absolute atomic E-state index is 12.3. The van der Waals surface area contributed by atoms with E-state index in [1.54, 1.807) is 25.1 Å². The number of carbonyl (C=O) groups excluding carboxylic acids is 1. The lowest BCUT2D eigenvalue weighted by Gasteiger charge is -2.15. The first-order chi connectivity index (χ1) is 11.6. The maximum atomic E-state index is 12.3. The number of rotatable bonds is 5. The Balaban J connectivity index is 1.69. The highest BCUT2D eigenvalue weighted by Crippen LogP contribution is 2.22. The van der Waals surface area contributed by atoms with Crippen molar-refractivity contribution in [2.75, 3.05) is 14.2 Å². The van der Waals surface area contributed by atoms with Crippen LogP contribution in [0.3, 0.4) is 0 Å². The molecular weight excluding hydrogens is 346 g/mol. The Hall–Kier alpha value is -2.31. The minimum absolute atomic E-state index is 0.105. The Kier molecular flexibility index (Phi) is 4.87. The van der Waals surface area contributed by atoms with Gasteiger partial charge in [0.2, 0.25) is 5.91 Å². The Morgan fingerprint density at radius 2 is 2.17 bits per heavy atom. The van der Waals surface area contributed by atoms with Crippen molar-refractivity contribution in [1.29, 1.82) is 0 Å². The van der Waals surface area contributed by atoms with Gasteiger partial charge in [-0.3, -0.25) is 9.20 Å². The summed E-state index contributed by atoms with van der Waals surface area (Å²) in [5.74, 6) is 0.690. The molecule has 0 aliphatic carbocycles. The van der Waals surface area contributed by atoms with Crippen LogP contribution >= 0.6 is 22.9 Å². The molecule has 124 valence electrons. The van der Waals surface area contributed by atoms with Gasteiger partial charge in [0.1, 0.15) is 5.75 Å². The van der Waals surface area contributed by atoms with Crippen LogP contribution in [0.25, 0.3) is 11.0 Å². The lowest BCUT2D eigenvalue weighted by Crippen LogP contribution is -2.24. The summed E-state index contributed by atoms with van der Waals surface area (Å²) in [5.41, 5.74) is 1.74. The largest absolute Gasteiger partial charge is 0.497 e. The lowest BCUT2D eigenvalue weighted by atomic mass is 10.2. The normalized spacial score (nSPS) is 11.3. The lowest BCUT2D eigenvalue weighted by molar-refractivity contribution is -0.125. The highest BCUT2D eigenvalue weighted by molar-refractivity contribution is 7.15. The number of aromatic nitrogens is 2. The summed E-state index contributed by atoms with van der Waals surface area (Å²) in [5, 5.41) is 2.32. The minimum atomic E-state index is -0.105. The van der Waals surface area contributed by atoms with Crippen molar-refractivity contribution in [3.05, 3.63) is 58.3 Å². The zero-order chi connectivity index (χ0) is 17.1. The zero-order valence-corrected chi connectivity index (χ0v) is 14.8. The minimum Gasteiger partial charge on any atom is -0.497 e. The number of halogens is 1. The van der Waals surface area contributed by atoms with Crippen LogP contribution in [0, 0.1) is 0 Å². The van der Waals surface area contributed by atoms with Gasteiger partial charge in [-0.25, -0.2) is 4.98 Å². The monoisotopic (exact) mass is 361 g/mol. The first-order valence-corrected chi connectivity index (χ1v) is 8.51. The third-order valence-corrected chi connectivity index (χ3v) is 4.63. The summed E-state index contributed by atoms with van der Waals surface area (Å²) in [6, 6.07) is 7.63. The van der Waals surface area contributed by atoms with Crippen molar-refractivity contribution in [2.45, 2.75) is 6.54 Å². The molecule has 0 atom stereocenters. The first-order valence-electron chi connectivity index (χ1n) is 7.25. The van der Waals surface area contributed by atoms with Gasteiger partial charge in [-0.05, 0) is 23.8 Å². The van der Waals surface area contributed by atoms with E-state index in [1.807, 2.05) is 40.2 Å². The summed E-state index contributed by atoms with van der Waals surface area (Å²) in [6.07, 6.45) is 5.09. The summed E-state index contributed by atoms with van der Waals surface area (Å²) >= 11 is 7.61. The van der Waals surface area contributed by atoms with E-state index >= 15 is 0 Å². The number of nitrogens with zero attached hydrogens (tertiary/aromatic N) is 3. The fourth-order valence-electron chi connectivity index (χ4n) is 2.29. The first kappa shape index (κ1) is 16.5. The molecule has 0 saturated heterocycles. The average molecular weight is 362 g/mol. The third kappa shape index (κ3) is 3.44. The smallest absolute Gasteiger partial charge is 0.246 e. The number of ether oxygens (including phenoxy) is 1. The van der Waals surface area contributed by atoms with Gasteiger partial charge in [0.15, 0.2) is 10.1 Å². The summed E-state index contributed by atoms with van der Waals surface area (Å²) < 4.78 is 6.99. The maximum Gasteiger partial charge on any atom is 0.246 e.